The number of aromatic nitrogens is 1. The van der Waals surface area contributed by atoms with Crippen molar-refractivity contribution in [2.45, 2.75) is 30.7 Å². The third kappa shape index (κ3) is 3.38. The van der Waals surface area contributed by atoms with Crippen LogP contribution in [-0.4, -0.2) is 57.4 Å². The van der Waals surface area contributed by atoms with Crippen molar-refractivity contribution < 1.29 is 27.6 Å². The summed E-state index contributed by atoms with van der Waals surface area (Å²) in [6.07, 6.45) is -2.65. The number of fused-ring (bicyclic) bond motifs is 6. The number of benzene rings is 2. The van der Waals surface area contributed by atoms with Crippen molar-refractivity contribution in [3.63, 3.8) is 0 Å². The fourth-order valence-corrected chi connectivity index (χ4v) is 5.52. The van der Waals surface area contributed by atoms with Crippen molar-refractivity contribution in [2.75, 3.05) is 16.8 Å². The second-order valence-electron chi connectivity index (χ2n) is 9.07. The number of nitrogens with one attached hydrogen (secondary N) is 1. The molecule has 3 aromatic rings. The fourth-order valence-electron chi connectivity index (χ4n) is 5.52. The molecule has 3 fully saturated rings. The Morgan fingerprint density at radius 2 is 1.95 bits per heavy atom. The van der Waals surface area contributed by atoms with Gasteiger partial charge in [-0.05, 0) is 48.9 Å². The summed E-state index contributed by atoms with van der Waals surface area (Å²) in [5.74, 6) is -0.510. The van der Waals surface area contributed by atoms with Gasteiger partial charge in [0.25, 0.3) is 5.91 Å². The number of pyridine rings is 1. The number of nitriles is 1. The van der Waals surface area contributed by atoms with Gasteiger partial charge in [-0.15, -0.1) is 0 Å². The van der Waals surface area contributed by atoms with E-state index >= 15 is 0 Å². The number of nitrogens with zero attached hydrogens (tertiary/aromatic N) is 5. The smallest absolute Gasteiger partial charge is 0.317 e. The van der Waals surface area contributed by atoms with Gasteiger partial charge in [0.1, 0.15) is 12.1 Å². The van der Waals surface area contributed by atoms with Gasteiger partial charge in [0.2, 0.25) is 0 Å². The summed E-state index contributed by atoms with van der Waals surface area (Å²) in [6, 6.07) is 9.58. The molecule has 5 amide bonds. The van der Waals surface area contributed by atoms with Crippen LogP contribution < -0.4 is 10.2 Å². The Labute approximate surface area is 207 Å². The van der Waals surface area contributed by atoms with Crippen molar-refractivity contribution in [1.29, 1.82) is 5.26 Å². The van der Waals surface area contributed by atoms with Gasteiger partial charge in [0, 0.05) is 23.8 Å². The van der Waals surface area contributed by atoms with Gasteiger partial charge in [-0.25, -0.2) is 14.5 Å². The summed E-state index contributed by atoms with van der Waals surface area (Å²) < 4.78 is 39.1. The third-order valence-electron chi connectivity index (χ3n) is 7.07. The predicted molar refractivity (Wildman–Crippen MR) is 124 cm³/mol. The maximum absolute atomic E-state index is 13.6. The molecule has 0 saturated carbocycles. The predicted octanol–water partition coefficient (Wildman–Crippen LogP) is 3.95. The molecule has 0 radical (unpaired) electrons. The molecule has 3 aliphatic rings. The fraction of sp³-hybridized carbons (Fsp3) is 0.240. The van der Waals surface area contributed by atoms with Gasteiger partial charge in [0.15, 0.2) is 0 Å². The van der Waals surface area contributed by atoms with Gasteiger partial charge in [-0.1, -0.05) is 6.07 Å². The first kappa shape index (κ1) is 22.8. The van der Waals surface area contributed by atoms with Crippen LogP contribution in [0.15, 0.2) is 54.7 Å². The second kappa shape index (κ2) is 7.92. The highest BCUT2D eigenvalue weighted by Crippen LogP contribution is 2.44. The number of hydrogen-bond donors (Lipinski definition) is 1. The molecule has 6 rings (SSSR count). The lowest BCUT2D eigenvalue weighted by molar-refractivity contribution is -0.137. The van der Waals surface area contributed by atoms with Gasteiger partial charge in [-0.2, -0.15) is 18.4 Å². The Morgan fingerprint density at radius 1 is 1.14 bits per heavy atom. The molecular weight excluding hydrogens is 489 g/mol. The lowest BCUT2D eigenvalue weighted by Crippen LogP contribution is -2.55. The number of hydrogen-bond acceptors (Lipinski definition) is 5. The van der Waals surface area contributed by atoms with Crippen LogP contribution in [0.4, 0.5) is 34.1 Å². The monoisotopic (exact) mass is 506 g/mol. The first-order valence-corrected chi connectivity index (χ1v) is 11.4. The van der Waals surface area contributed by atoms with Crippen LogP contribution in [0.2, 0.25) is 0 Å². The van der Waals surface area contributed by atoms with E-state index in [4.69, 9.17) is 0 Å². The lowest BCUT2D eigenvalue weighted by atomic mass is 10.1. The molecule has 2 aromatic carbocycles. The number of carbonyl (C=O) groups is 3. The number of piperazine rings is 1. The molecule has 0 aliphatic carbocycles. The molecule has 4 heterocycles. The van der Waals surface area contributed by atoms with Crippen molar-refractivity contribution in [3.8, 4) is 6.07 Å². The molecule has 3 aliphatic heterocycles. The van der Waals surface area contributed by atoms with Crippen molar-refractivity contribution in [1.82, 2.24) is 14.8 Å². The number of imide groups is 1. The molecule has 12 heteroatoms. The minimum atomic E-state index is -4.56. The van der Waals surface area contributed by atoms with Crippen molar-refractivity contribution in [2.24, 2.45) is 0 Å². The zero-order chi connectivity index (χ0) is 26.1. The van der Waals surface area contributed by atoms with E-state index in [1.165, 1.54) is 40.3 Å². The van der Waals surface area contributed by atoms with Crippen LogP contribution >= 0.6 is 0 Å². The number of alkyl halides is 3. The number of rotatable bonds is 2. The standard InChI is InChI=1S/C25H17F3N6O3/c26-25(27,28)14-3-1-4-15(9-14)31-23(36)32-12-16-10-19(32)21-22(35)34(24(37)33(16)21)18-7-6-13(11-29)20-17(18)5-2-8-30-20/h1-9,16,19,21H,10,12H2,(H,31,36)/t16?,19?,21-/m1/s1. The molecule has 1 aromatic heterocycles. The summed E-state index contributed by atoms with van der Waals surface area (Å²) in [7, 11) is 0. The molecule has 37 heavy (non-hydrogen) atoms. The molecule has 2 bridgehead atoms. The topological polar surface area (TPSA) is 110 Å². The number of likely N-dealkylation sites (tertiary alicyclic amines) is 1. The van der Waals surface area contributed by atoms with E-state index in [9.17, 15) is 32.8 Å². The first-order valence-electron chi connectivity index (χ1n) is 11.4. The molecule has 3 saturated heterocycles. The Balaban J connectivity index is 1.28. The third-order valence-corrected chi connectivity index (χ3v) is 7.07. The zero-order valence-corrected chi connectivity index (χ0v) is 18.9. The second-order valence-corrected chi connectivity index (χ2v) is 9.07. The largest absolute Gasteiger partial charge is 0.416 e. The van der Waals surface area contributed by atoms with E-state index in [0.717, 1.165) is 17.0 Å². The van der Waals surface area contributed by atoms with Crippen molar-refractivity contribution >= 4 is 40.2 Å². The molecule has 0 spiro atoms. The minimum absolute atomic E-state index is 0.0218. The van der Waals surface area contributed by atoms with Crippen LogP contribution in [0.3, 0.4) is 0 Å². The number of urea groups is 2. The molecule has 9 nitrogen and oxygen atoms in total. The molecule has 2 unspecified atom stereocenters. The van der Waals surface area contributed by atoms with E-state index in [1.807, 2.05) is 6.07 Å². The molecule has 3 atom stereocenters. The zero-order valence-electron chi connectivity index (χ0n) is 18.9. The Morgan fingerprint density at radius 3 is 2.70 bits per heavy atom. The quantitative estimate of drug-likeness (QED) is 0.530. The summed E-state index contributed by atoms with van der Waals surface area (Å²) in [4.78, 5) is 48.1. The Kier molecular flexibility index (Phi) is 4.88. The Hall–Kier alpha value is -4.66. The highest BCUT2D eigenvalue weighted by atomic mass is 19.4. The minimum Gasteiger partial charge on any atom is -0.317 e. The average Bonchev–Trinajstić information content (AvgIpc) is 3.54. The van der Waals surface area contributed by atoms with Gasteiger partial charge in [0.05, 0.1) is 34.4 Å². The summed E-state index contributed by atoms with van der Waals surface area (Å²) in [5.41, 5.74) is 0.0461. The highest BCUT2D eigenvalue weighted by Gasteiger charge is 2.63. The maximum Gasteiger partial charge on any atom is 0.416 e. The number of halogens is 3. The van der Waals surface area contributed by atoms with Crippen LogP contribution in [0.5, 0.6) is 0 Å². The van der Waals surface area contributed by atoms with E-state index < -0.39 is 47.8 Å². The van der Waals surface area contributed by atoms with E-state index in [1.54, 1.807) is 12.1 Å². The maximum atomic E-state index is 13.6. The molecule has 186 valence electrons. The summed E-state index contributed by atoms with van der Waals surface area (Å²) >= 11 is 0. The Bertz CT molecular complexity index is 1530. The number of anilines is 2. The van der Waals surface area contributed by atoms with Gasteiger partial charge in [-0.3, -0.25) is 9.78 Å². The summed E-state index contributed by atoms with van der Waals surface area (Å²) in [6.45, 7) is 0.147. The molecular formula is C25H17F3N6O3. The number of amides is 5. The molecule has 1 N–H and O–H groups in total. The SMILES string of the molecule is N#Cc1ccc(N2C(=O)[C@H]3C4CC(CN4C(=O)Nc4cccc(C(F)(F)F)c4)N3C2=O)c2cccnc12. The lowest BCUT2D eigenvalue weighted by Gasteiger charge is -2.34. The van der Waals surface area contributed by atoms with Crippen LogP contribution in [0.1, 0.15) is 17.5 Å². The van der Waals surface area contributed by atoms with E-state index in [0.29, 0.717) is 28.6 Å². The first-order chi connectivity index (χ1) is 17.7. The van der Waals surface area contributed by atoms with Crippen LogP contribution in [0.25, 0.3) is 10.9 Å². The summed E-state index contributed by atoms with van der Waals surface area (Å²) in [5, 5.41) is 12.4. The van der Waals surface area contributed by atoms with Gasteiger partial charge < -0.3 is 15.1 Å². The van der Waals surface area contributed by atoms with Crippen LogP contribution in [0, 0.1) is 11.3 Å². The van der Waals surface area contributed by atoms with E-state index in [-0.39, 0.29) is 12.2 Å². The average molecular weight is 506 g/mol. The number of carbonyl (C=O) groups excluding carboxylic acids is 3. The van der Waals surface area contributed by atoms with Crippen LogP contribution in [-0.2, 0) is 11.0 Å². The normalized spacial score (nSPS) is 22.5. The van der Waals surface area contributed by atoms with Crippen molar-refractivity contribution in [3.05, 3.63) is 65.9 Å². The van der Waals surface area contributed by atoms with E-state index in [2.05, 4.69) is 10.3 Å². The highest BCUT2D eigenvalue weighted by molar-refractivity contribution is 6.25. The van der Waals surface area contributed by atoms with Gasteiger partial charge >= 0.3 is 18.2 Å².